The highest BCUT2D eigenvalue weighted by Gasteiger charge is 2.37. The lowest BCUT2D eigenvalue weighted by molar-refractivity contribution is -0.145. The number of sulfonamides is 1. The molecule has 2 N–H and O–H groups in total. The van der Waals surface area contributed by atoms with E-state index >= 15 is 0 Å². The van der Waals surface area contributed by atoms with Gasteiger partial charge in [-0.2, -0.15) is 24.9 Å². The molecule has 12 heteroatoms. The average molecular weight is 436 g/mol. The van der Waals surface area contributed by atoms with Gasteiger partial charge in [-0.3, -0.25) is 0 Å². The third-order valence-electron chi connectivity index (χ3n) is 4.11. The Kier molecular flexibility index (Phi) is 5.82. The minimum atomic E-state index is -4.84. The van der Waals surface area contributed by atoms with Crippen molar-refractivity contribution in [1.82, 2.24) is 9.97 Å². The lowest BCUT2D eigenvalue weighted by atomic mass is 10.0. The summed E-state index contributed by atoms with van der Waals surface area (Å²) < 4.78 is 76.7. The molecule has 1 saturated heterocycles. The predicted molar refractivity (Wildman–Crippen MR) is 98.2 cm³/mol. The molecule has 2 aromatic rings. The molecule has 1 fully saturated rings. The molecule has 0 amide bonds. The third kappa shape index (κ3) is 4.39. The minimum absolute atomic E-state index is 0.0351. The van der Waals surface area contributed by atoms with Gasteiger partial charge in [-0.05, 0) is 17.7 Å². The molecular formula is C16H16F4N4O2S2. The Labute approximate surface area is 163 Å². The molecule has 2 heterocycles. The van der Waals surface area contributed by atoms with Crippen LogP contribution in [0.3, 0.4) is 0 Å². The normalized spacial score (nSPS) is 15.7. The Morgan fingerprint density at radius 1 is 1.18 bits per heavy atom. The number of hydrogen-bond donors (Lipinski definition) is 1. The van der Waals surface area contributed by atoms with Gasteiger partial charge in [-0.1, -0.05) is 12.1 Å². The second-order valence-corrected chi connectivity index (χ2v) is 8.78. The summed E-state index contributed by atoms with van der Waals surface area (Å²) in [5.74, 6) is -0.151. The number of thioether (sulfide) groups is 1. The number of aromatic nitrogens is 2. The van der Waals surface area contributed by atoms with Gasteiger partial charge >= 0.3 is 6.18 Å². The number of anilines is 1. The molecule has 1 aliphatic heterocycles. The van der Waals surface area contributed by atoms with Crippen molar-refractivity contribution in [2.24, 2.45) is 5.14 Å². The highest BCUT2D eigenvalue weighted by atomic mass is 32.2. The summed E-state index contributed by atoms with van der Waals surface area (Å²) >= 11 is 1.64. The van der Waals surface area contributed by atoms with E-state index in [4.69, 9.17) is 5.14 Å². The van der Waals surface area contributed by atoms with E-state index in [-0.39, 0.29) is 21.8 Å². The quantitative estimate of drug-likeness (QED) is 0.742. The molecule has 1 aliphatic rings. The second-order valence-electron chi connectivity index (χ2n) is 6.00. The largest absolute Gasteiger partial charge is 0.451 e. The first-order chi connectivity index (χ1) is 13.1. The molecular weight excluding hydrogens is 420 g/mol. The van der Waals surface area contributed by atoms with Crippen LogP contribution in [0, 0.1) is 0 Å². The third-order valence-corrected chi connectivity index (χ3v) is 5.96. The lowest BCUT2D eigenvalue weighted by Crippen LogP contribution is -2.34. The van der Waals surface area contributed by atoms with Crippen LogP contribution in [0.25, 0.3) is 11.1 Å². The van der Waals surface area contributed by atoms with Crippen LogP contribution in [-0.4, -0.2) is 43.0 Å². The fourth-order valence-electron chi connectivity index (χ4n) is 2.85. The van der Waals surface area contributed by atoms with Gasteiger partial charge in [-0.25, -0.2) is 27.9 Å². The zero-order chi connectivity index (χ0) is 20.5. The van der Waals surface area contributed by atoms with E-state index in [0.717, 1.165) is 0 Å². The molecule has 1 aromatic heterocycles. The monoisotopic (exact) mass is 436 g/mol. The second kappa shape index (κ2) is 7.84. The van der Waals surface area contributed by atoms with Crippen molar-refractivity contribution in [2.75, 3.05) is 29.5 Å². The first-order valence-electron chi connectivity index (χ1n) is 8.11. The Morgan fingerprint density at radius 3 is 2.43 bits per heavy atom. The molecule has 0 bridgehead atoms. The van der Waals surface area contributed by atoms with E-state index < -0.39 is 34.4 Å². The van der Waals surface area contributed by atoms with Crippen LogP contribution in [-0.2, 0) is 22.9 Å². The van der Waals surface area contributed by atoms with Gasteiger partial charge in [0.15, 0.2) is 0 Å². The molecule has 0 saturated carbocycles. The van der Waals surface area contributed by atoms with Crippen LogP contribution >= 0.6 is 11.8 Å². The van der Waals surface area contributed by atoms with Gasteiger partial charge in [0, 0.05) is 30.2 Å². The van der Waals surface area contributed by atoms with Gasteiger partial charge in [0.05, 0.1) is 10.6 Å². The Hall–Kier alpha value is -1.92. The van der Waals surface area contributed by atoms with Crippen molar-refractivity contribution >= 4 is 27.6 Å². The Balaban J connectivity index is 2.26. The van der Waals surface area contributed by atoms with E-state index in [9.17, 15) is 26.0 Å². The van der Waals surface area contributed by atoms with Crippen LogP contribution in [0.2, 0.25) is 0 Å². The van der Waals surface area contributed by atoms with Gasteiger partial charge in [0.2, 0.25) is 15.8 Å². The predicted octanol–water partition coefficient (Wildman–Crippen LogP) is 2.83. The molecule has 0 spiro atoms. The van der Waals surface area contributed by atoms with E-state index in [1.54, 1.807) is 16.7 Å². The molecule has 28 heavy (non-hydrogen) atoms. The standard InChI is InChI=1S/C16H16F4N4O2S2/c17-9-12-13(10-2-1-3-11(8-10)28(21,25)26)14(24-4-6-27-7-5-24)23-15(22-12)16(18,19)20/h1-3,8H,4-7,9H2,(H2,21,25,26). The summed E-state index contributed by atoms with van der Waals surface area (Å²) in [7, 11) is -4.05. The number of benzene rings is 1. The van der Waals surface area contributed by atoms with Crippen molar-refractivity contribution < 1.29 is 26.0 Å². The number of alkyl halides is 4. The van der Waals surface area contributed by atoms with Gasteiger partial charge in [0.1, 0.15) is 12.5 Å². The molecule has 0 aliphatic carbocycles. The lowest BCUT2D eigenvalue weighted by Gasteiger charge is -2.30. The topological polar surface area (TPSA) is 89.2 Å². The van der Waals surface area contributed by atoms with Crippen LogP contribution in [0.1, 0.15) is 11.5 Å². The Morgan fingerprint density at radius 2 is 1.86 bits per heavy atom. The summed E-state index contributed by atoms with van der Waals surface area (Å²) in [5.41, 5.74) is -0.240. The summed E-state index contributed by atoms with van der Waals surface area (Å²) in [6.07, 6.45) is -4.84. The van der Waals surface area contributed by atoms with Crippen molar-refractivity contribution in [1.29, 1.82) is 0 Å². The maximum atomic E-state index is 13.7. The smallest absolute Gasteiger partial charge is 0.354 e. The van der Waals surface area contributed by atoms with E-state index in [1.165, 1.54) is 24.3 Å². The summed E-state index contributed by atoms with van der Waals surface area (Å²) in [6, 6.07) is 5.27. The van der Waals surface area contributed by atoms with Gasteiger partial charge < -0.3 is 4.90 Å². The fraction of sp³-hybridized carbons (Fsp3) is 0.375. The van der Waals surface area contributed by atoms with Crippen LogP contribution in [0.5, 0.6) is 0 Å². The number of primary sulfonamides is 1. The van der Waals surface area contributed by atoms with Crippen LogP contribution < -0.4 is 10.0 Å². The Bertz CT molecular complexity index is 977. The molecule has 3 rings (SSSR count). The number of nitrogens with zero attached hydrogens (tertiary/aromatic N) is 3. The maximum absolute atomic E-state index is 13.7. The number of hydrogen-bond acceptors (Lipinski definition) is 6. The molecule has 0 unspecified atom stereocenters. The van der Waals surface area contributed by atoms with Crippen LogP contribution in [0.15, 0.2) is 29.2 Å². The van der Waals surface area contributed by atoms with E-state index in [0.29, 0.717) is 24.6 Å². The van der Waals surface area contributed by atoms with E-state index in [1.807, 2.05) is 0 Å². The zero-order valence-electron chi connectivity index (χ0n) is 14.4. The fourth-order valence-corrected chi connectivity index (χ4v) is 4.31. The number of halogens is 4. The molecule has 1 aromatic carbocycles. The highest BCUT2D eigenvalue weighted by Crippen LogP contribution is 2.37. The first-order valence-corrected chi connectivity index (χ1v) is 10.8. The molecule has 0 radical (unpaired) electrons. The highest BCUT2D eigenvalue weighted by molar-refractivity contribution is 7.99. The van der Waals surface area contributed by atoms with Crippen molar-refractivity contribution in [3.8, 4) is 11.1 Å². The maximum Gasteiger partial charge on any atom is 0.451 e. The summed E-state index contributed by atoms with van der Waals surface area (Å²) in [5, 5.41) is 5.14. The zero-order valence-corrected chi connectivity index (χ0v) is 16.0. The average Bonchev–Trinajstić information content (AvgIpc) is 2.66. The summed E-state index contributed by atoms with van der Waals surface area (Å²) in [6.45, 7) is -0.421. The molecule has 152 valence electrons. The minimum Gasteiger partial charge on any atom is -0.354 e. The van der Waals surface area contributed by atoms with Crippen molar-refractivity contribution in [2.45, 2.75) is 17.7 Å². The SMILES string of the molecule is NS(=O)(=O)c1cccc(-c2c(CF)nc(C(F)(F)F)nc2N2CCSCC2)c1. The summed E-state index contributed by atoms with van der Waals surface area (Å²) in [4.78, 5) is 8.43. The van der Waals surface area contributed by atoms with Gasteiger partial charge in [-0.15, -0.1) is 0 Å². The van der Waals surface area contributed by atoms with Crippen molar-refractivity contribution in [3.05, 3.63) is 35.8 Å². The molecule has 6 nitrogen and oxygen atoms in total. The number of rotatable bonds is 4. The van der Waals surface area contributed by atoms with Crippen molar-refractivity contribution in [3.63, 3.8) is 0 Å². The first kappa shape index (κ1) is 20.8. The van der Waals surface area contributed by atoms with Crippen LogP contribution in [0.4, 0.5) is 23.4 Å². The van der Waals surface area contributed by atoms with Gasteiger partial charge in [0.25, 0.3) is 0 Å². The van der Waals surface area contributed by atoms with E-state index in [2.05, 4.69) is 9.97 Å². The number of nitrogens with two attached hydrogens (primary N) is 1. The molecule has 0 atom stereocenters.